The first-order chi connectivity index (χ1) is 17.9. The molecule has 2 amide bonds. The second-order valence-corrected chi connectivity index (χ2v) is 9.58. The molecule has 0 spiro atoms. The van der Waals surface area contributed by atoms with Crippen molar-refractivity contribution in [2.75, 3.05) is 13.7 Å². The first kappa shape index (κ1) is 26.8. The van der Waals surface area contributed by atoms with Gasteiger partial charge >= 0.3 is 0 Å². The van der Waals surface area contributed by atoms with Gasteiger partial charge < -0.3 is 25.2 Å². The SMILES string of the molecule is COCc1ccccc1-c1ccc(CNC(=O)[C@H](O)[C@@H](O)C(=O)N2CCC[C@@H]2c2cccc(Cl)c2)cc1. The fourth-order valence-electron chi connectivity index (χ4n) is 4.72. The molecule has 0 aliphatic carbocycles. The van der Waals surface area contributed by atoms with Crippen molar-refractivity contribution >= 4 is 23.4 Å². The molecule has 4 rings (SSSR count). The summed E-state index contributed by atoms with van der Waals surface area (Å²) in [5.74, 6) is -1.49. The average Bonchev–Trinajstić information content (AvgIpc) is 3.41. The van der Waals surface area contributed by atoms with Crippen LogP contribution in [0, 0.1) is 0 Å². The van der Waals surface area contributed by atoms with E-state index in [0.717, 1.165) is 34.2 Å². The Morgan fingerprint density at radius 2 is 1.81 bits per heavy atom. The monoisotopic (exact) mass is 522 g/mol. The summed E-state index contributed by atoms with van der Waals surface area (Å²) in [4.78, 5) is 27.0. The topological polar surface area (TPSA) is 99.1 Å². The minimum absolute atomic E-state index is 0.144. The minimum Gasteiger partial charge on any atom is -0.380 e. The van der Waals surface area contributed by atoms with Crippen LogP contribution < -0.4 is 5.32 Å². The number of amides is 2. The van der Waals surface area contributed by atoms with Gasteiger partial charge in [-0.2, -0.15) is 0 Å². The van der Waals surface area contributed by atoms with Gasteiger partial charge in [0.15, 0.2) is 12.2 Å². The van der Waals surface area contributed by atoms with Gasteiger partial charge in [-0.1, -0.05) is 72.3 Å². The van der Waals surface area contributed by atoms with Gasteiger partial charge in [0.05, 0.1) is 12.6 Å². The molecule has 1 heterocycles. The van der Waals surface area contributed by atoms with E-state index in [1.807, 2.05) is 60.7 Å². The van der Waals surface area contributed by atoms with Crippen molar-refractivity contribution < 1.29 is 24.5 Å². The van der Waals surface area contributed by atoms with Crippen molar-refractivity contribution in [2.24, 2.45) is 0 Å². The van der Waals surface area contributed by atoms with Crippen LogP contribution in [0.15, 0.2) is 72.8 Å². The summed E-state index contributed by atoms with van der Waals surface area (Å²) in [6.45, 7) is 1.08. The Labute approximate surface area is 221 Å². The summed E-state index contributed by atoms with van der Waals surface area (Å²) < 4.78 is 5.28. The van der Waals surface area contributed by atoms with Crippen LogP contribution >= 0.6 is 11.6 Å². The number of nitrogens with one attached hydrogen (secondary N) is 1. The Kier molecular flexibility index (Phi) is 8.95. The molecule has 3 N–H and O–H groups in total. The third kappa shape index (κ3) is 6.37. The normalized spacial score (nSPS) is 16.9. The maximum Gasteiger partial charge on any atom is 0.255 e. The number of rotatable bonds is 9. The number of nitrogens with zero attached hydrogens (tertiary/aromatic N) is 1. The number of halogens is 1. The number of ether oxygens (including phenoxy) is 1. The van der Waals surface area contributed by atoms with Crippen molar-refractivity contribution in [3.63, 3.8) is 0 Å². The van der Waals surface area contributed by atoms with E-state index < -0.39 is 24.0 Å². The predicted octanol–water partition coefficient (Wildman–Crippen LogP) is 3.86. The Bertz CT molecular complexity index is 1230. The predicted molar refractivity (Wildman–Crippen MR) is 142 cm³/mol. The van der Waals surface area contributed by atoms with E-state index in [2.05, 4.69) is 5.32 Å². The van der Waals surface area contributed by atoms with E-state index >= 15 is 0 Å². The lowest BCUT2D eigenvalue weighted by Crippen LogP contribution is -2.50. The van der Waals surface area contributed by atoms with Crippen LogP contribution in [0.4, 0.5) is 0 Å². The smallest absolute Gasteiger partial charge is 0.255 e. The van der Waals surface area contributed by atoms with E-state index in [4.69, 9.17) is 16.3 Å². The Balaban J connectivity index is 1.35. The van der Waals surface area contributed by atoms with Crippen LogP contribution in [0.2, 0.25) is 5.02 Å². The van der Waals surface area contributed by atoms with E-state index in [9.17, 15) is 19.8 Å². The van der Waals surface area contributed by atoms with Crippen LogP contribution in [0.3, 0.4) is 0 Å². The van der Waals surface area contributed by atoms with Crippen molar-refractivity contribution in [2.45, 2.75) is 44.2 Å². The van der Waals surface area contributed by atoms with E-state index in [1.54, 1.807) is 19.2 Å². The lowest BCUT2D eigenvalue weighted by atomic mass is 9.99. The molecule has 3 aromatic rings. The number of hydrogen-bond acceptors (Lipinski definition) is 5. The van der Waals surface area contributed by atoms with Crippen molar-refractivity contribution in [1.82, 2.24) is 10.2 Å². The summed E-state index contributed by atoms with van der Waals surface area (Å²) in [5.41, 5.74) is 4.83. The van der Waals surface area contributed by atoms with Gasteiger partial charge in [-0.05, 0) is 52.8 Å². The second kappa shape index (κ2) is 12.3. The Morgan fingerprint density at radius 1 is 1.05 bits per heavy atom. The highest BCUT2D eigenvalue weighted by molar-refractivity contribution is 6.30. The molecule has 3 atom stereocenters. The molecule has 37 heavy (non-hydrogen) atoms. The van der Waals surface area contributed by atoms with Crippen LogP contribution in [-0.4, -0.2) is 52.8 Å². The van der Waals surface area contributed by atoms with Gasteiger partial charge in [0.25, 0.3) is 11.8 Å². The largest absolute Gasteiger partial charge is 0.380 e. The number of likely N-dealkylation sites (tertiary alicyclic amines) is 1. The van der Waals surface area contributed by atoms with Gasteiger partial charge in [0, 0.05) is 25.2 Å². The lowest BCUT2D eigenvalue weighted by molar-refractivity contribution is -0.153. The van der Waals surface area contributed by atoms with Crippen LogP contribution in [0.1, 0.15) is 35.6 Å². The third-order valence-electron chi connectivity index (χ3n) is 6.64. The van der Waals surface area contributed by atoms with Crippen LogP contribution in [-0.2, 0) is 27.5 Å². The average molecular weight is 523 g/mol. The molecule has 0 unspecified atom stereocenters. The first-order valence-electron chi connectivity index (χ1n) is 12.2. The molecule has 194 valence electrons. The number of carbonyl (C=O) groups excluding carboxylic acids is 2. The highest BCUT2D eigenvalue weighted by Crippen LogP contribution is 2.33. The molecule has 1 fully saturated rings. The molecular formula is C29H31ClN2O5. The van der Waals surface area contributed by atoms with Gasteiger partial charge in [-0.3, -0.25) is 9.59 Å². The standard InChI is InChI=1S/C29H31ClN2O5/c1-37-18-22-6-2-3-9-24(22)20-13-11-19(12-14-20)17-31-28(35)26(33)27(34)29(36)32-15-5-10-25(32)21-7-4-8-23(30)16-21/h2-4,6-9,11-14,16,25-27,33-34H,5,10,15,17-18H2,1H3,(H,31,35)/t25-,26-,27-/m1/s1. The molecule has 3 aromatic carbocycles. The highest BCUT2D eigenvalue weighted by Gasteiger charge is 2.38. The maximum absolute atomic E-state index is 13.0. The molecular weight excluding hydrogens is 492 g/mol. The van der Waals surface area contributed by atoms with Crippen molar-refractivity contribution in [3.8, 4) is 11.1 Å². The fourth-order valence-corrected chi connectivity index (χ4v) is 4.92. The molecule has 0 saturated carbocycles. The molecule has 0 radical (unpaired) electrons. The third-order valence-corrected chi connectivity index (χ3v) is 6.87. The maximum atomic E-state index is 13.0. The molecule has 1 saturated heterocycles. The highest BCUT2D eigenvalue weighted by atomic mass is 35.5. The summed E-state index contributed by atoms with van der Waals surface area (Å²) >= 11 is 6.10. The summed E-state index contributed by atoms with van der Waals surface area (Å²) in [7, 11) is 1.66. The Hall–Kier alpha value is -3.23. The quantitative estimate of drug-likeness (QED) is 0.396. The number of carbonyl (C=O) groups is 2. The molecule has 7 nitrogen and oxygen atoms in total. The number of hydrogen-bond donors (Lipinski definition) is 3. The molecule has 0 bridgehead atoms. The first-order valence-corrected chi connectivity index (χ1v) is 12.6. The zero-order valence-corrected chi connectivity index (χ0v) is 21.4. The fraction of sp³-hybridized carbons (Fsp3) is 0.310. The minimum atomic E-state index is -1.88. The molecule has 0 aromatic heterocycles. The zero-order chi connectivity index (χ0) is 26.4. The number of methoxy groups -OCH3 is 1. The van der Waals surface area contributed by atoms with Gasteiger partial charge in [0.2, 0.25) is 0 Å². The lowest BCUT2D eigenvalue weighted by Gasteiger charge is -2.28. The molecule has 1 aliphatic heterocycles. The number of aliphatic hydroxyl groups excluding tert-OH is 2. The summed E-state index contributed by atoms with van der Waals surface area (Å²) in [6.07, 6.45) is -2.27. The molecule has 1 aliphatic rings. The zero-order valence-electron chi connectivity index (χ0n) is 20.6. The summed E-state index contributed by atoms with van der Waals surface area (Å²) in [6, 6.07) is 22.6. The van der Waals surface area contributed by atoms with Gasteiger partial charge in [-0.25, -0.2) is 0 Å². The van der Waals surface area contributed by atoms with Crippen molar-refractivity contribution in [1.29, 1.82) is 0 Å². The number of aliphatic hydroxyl groups is 2. The molecule has 8 heteroatoms. The Morgan fingerprint density at radius 3 is 2.54 bits per heavy atom. The van der Waals surface area contributed by atoms with Crippen LogP contribution in [0.25, 0.3) is 11.1 Å². The van der Waals surface area contributed by atoms with Gasteiger partial charge in [0.1, 0.15) is 0 Å². The van der Waals surface area contributed by atoms with Crippen molar-refractivity contribution in [3.05, 3.63) is 94.5 Å². The van der Waals surface area contributed by atoms with E-state index in [1.165, 1.54) is 4.90 Å². The second-order valence-electron chi connectivity index (χ2n) is 9.14. The van der Waals surface area contributed by atoms with Crippen LogP contribution in [0.5, 0.6) is 0 Å². The van der Waals surface area contributed by atoms with E-state index in [0.29, 0.717) is 24.6 Å². The van der Waals surface area contributed by atoms with E-state index in [-0.39, 0.29) is 12.6 Å². The van der Waals surface area contributed by atoms with Gasteiger partial charge in [-0.15, -0.1) is 0 Å². The summed E-state index contributed by atoms with van der Waals surface area (Å²) in [5, 5.41) is 24.1. The number of benzene rings is 3.